The standard InChI is InChI=1S/C18H22N2O6S/c1-13-16(19-18(26-13)14-3-5-15(24-2)6-4-14)11-27(22,23)12-17(21)20-7-9-25-10-8-20/h3-6H,7-12H2,1-2H3. The largest absolute Gasteiger partial charge is 0.497 e. The summed E-state index contributed by atoms with van der Waals surface area (Å²) in [5, 5.41) is 0. The Labute approximate surface area is 158 Å². The second-order valence-electron chi connectivity index (χ2n) is 6.28. The number of hydrogen-bond acceptors (Lipinski definition) is 7. The highest BCUT2D eigenvalue weighted by Crippen LogP contribution is 2.25. The summed E-state index contributed by atoms with van der Waals surface area (Å²) in [5.74, 6) is 0.163. The Hall–Kier alpha value is -2.39. The predicted octanol–water partition coefficient (Wildman–Crippen LogP) is 1.43. The van der Waals surface area contributed by atoms with Crippen LogP contribution in [0.3, 0.4) is 0 Å². The van der Waals surface area contributed by atoms with Crippen LogP contribution in [0, 0.1) is 6.92 Å². The van der Waals surface area contributed by atoms with Crippen LogP contribution >= 0.6 is 0 Å². The van der Waals surface area contributed by atoms with Crippen molar-refractivity contribution in [2.75, 3.05) is 39.2 Å². The third-order valence-corrected chi connectivity index (χ3v) is 5.69. The van der Waals surface area contributed by atoms with Gasteiger partial charge in [0.15, 0.2) is 9.84 Å². The Kier molecular flexibility index (Phi) is 5.81. The molecule has 1 aromatic heterocycles. The molecule has 146 valence electrons. The third kappa shape index (κ3) is 4.86. The molecule has 1 aromatic carbocycles. The number of hydrogen-bond donors (Lipinski definition) is 0. The van der Waals surface area contributed by atoms with E-state index in [9.17, 15) is 13.2 Å². The van der Waals surface area contributed by atoms with Crippen molar-refractivity contribution < 1.29 is 27.1 Å². The van der Waals surface area contributed by atoms with Crippen molar-refractivity contribution in [2.24, 2.45) is 0 Å². The molecule has 0 unspecified atom stereocenters. The summed E-state index contributed by atoms with van der Waals surface area (Å²) in [6.07, 6.45) is 0. The molecule has 1 aliphatic heterocycles. The molecular formula is C18H22N2O6S. The van der Waals surface area contributed by atoms with Gasteiger partial charge in [-0.3, -0.25) is 4.79 Å². The Bertz CT molecular complexity index is 898. The first-order valence-electron chi connectivity index (χ1n) is 8.54. The third-order valence-electron chi connectivity index (χ3n) is 4.29. The average molecular weight is 394 g/mol. The van der Waals surface area contributed by atoms with Crippen molar-refractivity contribution in [3.8, 4) is 17.2 Å². The summed E-state index contributed by atoms with van der Waals surface area (Å²) in [4.78, 5) is 18.0. The summed E-state index contributed by atoms with van der Waals surface area (Å²) >= 11 is 0. The first-order chi connectivity index (χ1) is 12.9. The number of aryl methyl sites for hydroxylation is 1. The minimum atomic E-state index is -3.66. The summed E-state index contributed by atoms with van der Waals surface area (Å²) < 4.78 is 40.8. The zero-order valence-corrected chi connectivity index (χ0v) is 16.1. The number of rotatable bonds is 6. The van der Waals surface area contributed by atoms with E-state index in [1.54, 1.807) is 38.3 Å². The lowest BCUT2D eigenvalue weighted by atomic mass is 10.2. The van der Waals surface area contributed by atoms with Crippen LogP contribution in [0.2, 0.25) is 0 Å². The van der Waals surface area contributed by atoms with E-state index in [0.717, 1.165) is 0 Å². The van der Waals surface area contributed by atoms with Gasteiger partial charge in [-0.1, -0.05) is 0 Å². The minimum Gasteiger partial charge on any atom is -0.497 e. The Morgan fingerprint density at radius 3 is 2.52 bits per heavy atom. The van der Waals surface area contributed by atoms with E-state index in [1.165, 1.54) is 4.90 Å². The summed E-state index contributed by atoms with van der Waals surface area (Å²) in [6, 6.07) is 7.10. The summed E-state index contributed by atoms with van der Waals surface area (Å²) in [7, 11) is -2.08. The van der Waals surface area contributed by atoms with Gasteiger partial charge in [0, 0.05) is 18.7 Å². The molecule has 9 heteroatoms. The minimum absolute atomic E-state index is 0.315. The van der Waals surface area contributed by atoms with Crippen molar-refractivity contribution >= 4 is 15.7 Å². The molecule has 1 amide bonds. The number of amides is 1. The molecule has 27 heavy (non-hydrogen) atoms. The number of methoxy groups -OCH3 is 1. The van der Waals surface area contributed by atoms with Gasteiger partial charge in [-0.2, -0.15) is 0 Å². The highest BCUT2D eigenvalue weighted by Gasteiger charge is 2.26. The highest BCUT2D eigenvalue weighted by molar-refractivity contribution is 7.91. The lowest BCUT2D eigenvalue weighted by Gasteiger charge is -2.26. The zero-order chi connectivity index (χ0) is 19.4. The molecule has 0 spiro atoms. The molecule has 0 bridgehead atoms. The lowest BCUT2D eigenvalue weighted by molar-refractivity contribution is -0.132. The van der Waals surface area contributed by atoms with Crippen molar-refractivity contribution in [2.45, 2.75) is 12.7 Å². The summed E-state index contributed by atoms with van der Waals surface area (Å²) in [5.41, 5.74) is 1.03. The molecular weight excluding hydrogens is 372 g/mol. The second-order valence-corrected chi connectivity index (χ2v) is 8.34. The van der Waals surface area contributed by atoms with Crippen molar-refractivity contribution in [1.29, 1.82) is 0 Å². The first-order valence-corrected chi connectivity index (χ1v) is 10.4. The number of morpholine rings is 1. The lowest BCUT2D eigenvalue weighted by Crippen LogP contribution is -2.43. The van der Waals surface area contributed by atoms with E-state index in [-0.39, 0.29) is 5.75 Å². The topological polar surface area (TPSA) is 98.9 Å². The summed E-state index contributed by atoms with van der Waals surface area (Å²) in [6.45, 7) is 3.35. The number of carbonyl (C=O) groups is 1. The van der Waals surface area contributed by atoms with Gasteiger partial charge in [0.1, 0.15) is 17.3 Å². The smallest absolute Gasteiger partial charge is 0.237 e. The molecule has 0 saturated carbocycles. The van der Waals surface area contributed by atoms with Crippen molar-refractivity contribution in [3.05, 3.63) is 35.7 Å². The average Bonchev–Trinajstić information content (AvgIpc) is 3.02. The van der Waals surface area contributed by atoms with Crippen LogP contribution in [0.5, 0.6) is 5.75 Å². The van der Waals surface area contributed by atoms with Crippen molar-refractivity contribution in [3.63, 3.8) is 0 Å². The molecule has 2 aromatic rings. The van der Waals surface area contributed by atoms with Gasteiger partial charge in [-0.05, 0) is 31.2 Å². The Morgan fingerprint density at radius 1 is 1.22 bits per heavy atom. The van der Waals surface area contributed by atoms with Gasteiger partial charge in [0.25, 0.3) is 0 Å². The first kappa shape index (κ1) is 19.4. The monoisotopic (exact) mass is 394 g/mol. The van der Waals surface area contributed by atoms with Crippen LogP contribution in [0.4, 0.5) is 0 Å². The number of ether oxygens (including phenoxy) is 2. The van der Waals surface area contributed by atoms with E-state index in [0.29, 0.717) is 55.0 Å². The second kappa shape index (κ2) is 8.10. The molecule has 8 nitrogen and oxygen atoms in total. The molecule has 1 fully saturated rings. The van der Waals surface area contributed by atoms with E-state index >= 15 is 0 Å². The predicted molar refractivity (Wildman–Crippen MR) is 98.1 cm³/mol. The number of nitrogens with zero attached hydrogens (tertiary/aromatic N) is 2. The van der Waals surface area contributed by atoms with Gasteiger partial charge >= 0.3 is 0 Å². The molecule has 1 saturated heterocycles. The molecule has 3 rings (SSSR count). The fourth-order valence-corrected chi connectivity index (χ4v) is 4.12. The van der Waals surface area contributed by atoms with E-state index < -0.39 is 21.5 Å². The van der Waals surface area contributed by atoms with Gasteiger partial charge < -0.3 is 18.8 Å². The quantitative estimate of drug-likeness (QED) is 0.731. The number of sulfone groups is 1. The van der Waals surface area contributed by atoms with E-state index in [2.05, 4.69) is 4.98 Å². The number of carbonyl (C=O) groups excluding carboxylic acids is 1. The van der Waals surface area contributed by atoms with E-state index in [4.69, 9.17) is 13.9 Å². The normalized spacial score (nSPS) is 15.0. The molecule has 1 aliphatic rings. The number of benzene rings is 1. The van der Waals surface area contributed by atoms with Gasteiger partial charge in [-0.25, -0.2) is 13.4 Å². The molecule has 0 radical (unpaired) electrons. The molecule has 2 heterocycles. The van der Waals surface area contributed by atoms with Crippen LogP contribution in [0.15, 0.2) is 28.7 Å². The number of aromatic nitrogens is 1. The van der Waals surface area contributed by atoms with Crippen LogP contribution in [0.1, 0.15) is 11.5 Å². The fourth-order valence-electron chi connectivity index (χ4n) is 2.77. The maximum Gasteiger partial charge on any atom is 0.237 e. The molecule has 0 atom stereocenters. The van der Waals surface area contributed by atoms with Crippen LogP contribution in [0.25, 0.3) is 11.5 Å². The van der Waals surface area contributed by atoms with Crippen LogP contribution in [-0.4, -0.2) is 63.4 Å². The molecule has 0 aliphatic carbocycles. The number of oxazole rings is 1. The van der Waals surface area contributed by atoms with Gasteiger partial charge in [0.2, 0.25) is 11.8 Å². The highest BCUT2D eigenvalue weighted by atomic mass is 32.2. The van der Waals surface area contributed by atoms with Crippen LogP contribution < -0.4 is 4.74 Å². The van der Waals surface area contributed by atoms with Crippen molar-refractivity contribution in [1.82, 2.24) is 9.88 Å². The van der Waals surface area contributed by atoms with Gasteiger partial charge in [-0.15, -0.1) is 0 Å². The maximum absolute atomic E-state index is 12.5. The van der Waals surface area contributed by atoms with Gasteiger partial charge in [0.05, 0.1) is 31.8 Å². The zero-order valence-electron chi connectivity index (χ0n) is 15.3. The fraction of sp³-hybridized carbons (Fsp3) is 0.444. The van der Waals surface area contributed by atoms with E-state index in [1.807, 2.05) is 0 Å². The maximum atomic E-state index is 12.5. The van der Waals surface area contributed by atoms with Crippen LogP contribution in [-0.2, 0) is 25.1 Å². The Morgan fingerprint density at radius 2 is 1.89 bits per heavy atom. The molecule has 0 N–H and O–H groups in total. The SMILES string of the molecule is COc1ccc(-c2nc(CS(=O)(=O)CC(=O)N3CCOCC3)c(C)o2)cc1. The Balaban J connectivity index is 1.70.